The molecule has 0 aliphatic heterocycles. The zero-order valence-electron chi connectivity index (χ0n) is 8.28. The van der Waals surface area contributed by atoms with E-state index in [0.29, 0.717) is 6.54 Å². The molecule has 6 nitrogen and oxygen atoms in total. The third-order valence-electron chi connectivity index (χ3n) is 1.24. The van der Waals surface area contributed by atoms with E-state index in [0.717, 1.165) is 12.8 Å². The van der Waals surface area contributed by atoms with Gasteiger partial charge < -0.3 is 5.32 Å². The van der Waals surface area contributed by atoms with Crippen LogP contribution in [-0.2, 0) is 19.9 Å². The molecular formula is C6H16N2O4S2. The van der Waals surface area contributed by atoms with E-state index in [9.17, 15) is 16.8 Å². The maximum atomic E-state index is 11.1. The second kappa shape index (κ2) is 5.64. The fraction of sp³-hybridized carbons (Fsp3) is 1.00. The van der Waals surface area contributed by atoms with Gasteiger partial charge in [0.15, 0.2) is 14.9 Å². The molecule has 0 aliphatic carbocycles. The summed E-state index contributed by atoms with van der Waals surface area (Å²) >= 11 is 0. The van der Waals surface area contributed by atoms with E-state index in [-0.39, 0.29) is 6.54 Å². The van der Waals surface area contributed by atoms with Crippen LogP contribution in [0.25, 0.3) is 0 Å². The molecule has 0 aliphatic rings. The average Bonchev–Trinajstić information content (AvgIpc) is 1.93. The highest BCUT2D eigenvalue weighted by Crippen LogP contribution is 1.90. The first-order valence-electron chi connectivity index (χ1n) is 4.12. The van der Waals surface area contributed by atoms with E-state index >= 15 is 0 Å². The first-order valence-corrected chi connectivity index (χ1v) is 7.84. The SMILES string of the molecule is CCNCCNS(=O)(=O)CS(C)(=O)=O. The van der Waals surface area contributed by atoms with Crippen molar-refractivity contribution in [1.82, 2.24) is 10.0 Å². The lowest BCUT2D eigenvalue weighted by Gasteiger charge is -2.05. The Balaban J connectivity index is 3.98. The molecule has 0 saturated carbocycles. The van der Waals surface area contributed by atoms with Crippen LogP contribution in [0.5, 0.6) is 0 Å². The predicted octanol–water partition coefficient (Wildman–Crippen LogP) is -1.48. The Morgan fingerprint density at radius 1 is 1.07 bits per heavy atom. The van der Waals surface area contributed by atoms with Crippen molar-refractivity contribution in [2.75, 3.05) is 31.0 Å². The second-order valence-electron chi connectivity index (χ2n) is 2.91. The normalized spacial score (nSPS) is 13.0. The zero-order valence-corrected chi connectivity index (χ0v) is 9.91. The Kier molecular flexibility index (Phi) is 5.57. The quantitative estimate of drug-likeness (QED) is 0.533. The van der Waals surface area contributed by atoms with Crippen LogP contribution >= 0.6 is 0 Å². The summed E-state index contributed by atoms with van der Waals surface area (Å²) in [6.45, 7) is 3.32. The van der Waals surface area contributed by atoms with Crippen molar-refractivity contribution in [3.8, 4) is 0 Å². The Morgan fingerprint density at radius 2 is 1.64 bits per heavy atom. The minimum Gasteiger partial charge on any atom is -0.316 e. The van der Waals surface area contributed by atoms with Crippen LogP contribution in [0.3, 0.4) is 0 Å². The molecule has 0 spiro atoms. The molecule has 0 radical (unpaired) electrons. The first kappa shape index (κ1) is 13.8. The molecule has 0 unspecified atom stereocenters. The van der Waals surface area contributed by atoms with Crippen molar-refractivity contribution in [2.45, 2.75) is 6.92 Å². The second-order valence-corrected chi connectivity index (χ2v) is 7.22. The molecule has 0 aromatic heterocycles. The van der Waals surface area contributed by atoms with Crippen LogP contribution in [0.2, 0.25) is 0 Å². The lowest BCUT2D eigenvalue weighted by Crippen LogP contribution is -2.35. The van der Waals surface area contributed by atoms with Crippen LogP contribution in [0.4, 0.5) is 0 Å². The lowest BCUT2D eigenvalue weighted by molar-refractivity contribution is 0.577. The van der Waals surface area contributed by atoms with Gasteiger partial charge in [-0.05, 0) is 6.54 Å². The molecule has 86 valence electrons. The van der Waals surface area contributed by atoms with E-state index in [2.05, 4.69) is 10.0 Å². The van der Waals surface area contributed by atoms with E-state index in [1.807, 2.05) is 6.92 Å². The van der Waals surface area contributed by atoms with E-state index < -0.39 is 24.9 Å². The van der Waals surface area contributed by atoms with Crippen molar-refractivity contribution < 1.29 is 16.8 Å². The number of sulfonamides is 1. The first-order chi connectivity index (χ1) is 6.27. The molecule has 0 rings (SSSR count). The molecule has 0 atom stereocenters. The lowest BCUT2D eigenvalue weighted by atomic mass is 10.6. The number of hydrogen-bond acceptors (Lipinski definition) is 5. The summed E-state index contributed by atoms with van der Waals surface area (Å²) in [6, 6.07) is 0. The minimum atomic E-state index is -3.70. The van der Waals surface area contributed by atoms with Crippen LogP contribution in [-0.4, -0.2) is 47.8 Å². The minimum absolute atomic E-state index is 0.200. The molecule has 0 fully saturated rings. The molecule has 0 aromatic rings. The van der Waals surface area contributed by atoms with Crippen LogP contribution in [0, 0.1) is 0 Å². The van der Waals surface area contributed by atoms with Gasteiger partial charge in [-0.15, -0.1) is 0 Å². The van der Waals surface area contributed by atoms with Gasteiger partial charge in [0.2, 0.25) is 10.0 Å². The molecule has 0 heterocycles. The summed E-state index contributed by atoms with van der Waals surface area (Å²) in [5.74, 6) is 0. The summed E-state index contributed by atoms with van der Waals surface area (Å²) in [5.41, 5.74) is 0. The highest BCUT2D eigenvalue weighted by atomic mass is 32.3. The van der Waals surface area contributed by atoms with Gasteiger partial charge in [-0.25, -0.2) is 21.6 Å². The molecule has 8 heteroatoms. The molecule has 0 saturated heterocycles. The maximum Gasteiger partial charge on any atom is 0.226 e. The van der Waals surface area contributed by atoms with Gasteiger partial charge >= 0.3 is 0 Å². The summed E-state index contributed by atoms with van der Waals surface area (Å²) < 4.78 is 45.8. The monoisotopic (exact) mass is 244 g/mol. The Bertz CT molecular complexity index is 346. The van der Waals surface area contributed by atoms with Crippen LogP contribution in [0.1, 0.15) is 6.92 Å². The predicted molar refractivity (Wildman–Crippen MR) is 55.2 cm³/mol. The molecule has 2 N–H and O–H groups in total. The van der Waals surface area contributed by atoms with Crippen molar-refractivity contribution >= 4 is 19.9 Å². The summed E-state index contributed by atoms with van der Waals surface area (Å²) in [4.78, 5) is 0. The Hall–Kier alpha value is -0.180. The van der Waals surface area contributed by atoms with Crippen LogP contribution in [0.15, 0.2) is 0 Å². The van der Waals surface area contributed by atoms with E-state index in [1.165, 1.54) is 0 Å². The largest absolute Gasteiger partial charge is 0.316 e. The van der Waals surface area contributed by atoms with Gasteiger partial charge in [-0.3, -0.25) is 0 Å². The molecule has 0 bridgehead atoms. The van der Waals surface area contributed by atoms with E-state index in [1.54, 1.807) is 0 Å². The molecule has 0 aromatic carbocycles. The molecule has 14 heavy (non-hydrogen) atoms. The van der Waals surface area contributed by atoms with Gasteiger partial charge in [-0.2, -0.15) is 0 Å². The van der Waals surface area contributed by atoms with Crippen molar-refractivity contribution in [3.05, 3.63) is 0 Å². The topological polar surface area (TPSA) is 92.3 Å². The van der Waals surface area contributed by atoms with Crippen molar-refractivity contribution in [2.24, 2.45) is 0 Å². The maximum absolute atomic E-state index is 11.1. The van der Waals surface area contributed by atoms with Gasteiger partial charge in [0.25, 0.3) is 0 Å². The summed E-state index contributed by atoms with van der Waals surface area (Å²) in [7, 11) is -7.19. The van der Waals surface area contributed by atoms with Gasteiger partial charge in [0.05, 0.1) is 0 Å². The van der Waals surface area contributed by atoms with Gasteiger partial charge in [-0.1, -0.05) is 6.92 Å². The number of nitrogens with one attached hydrogen (secondary N) is 2. The van der Waals surface area contributed by atoms with Gasteiger partial charge in [0, 0.05) is 19.3 Å². The van der Waals surface area contributed by atoms with Gasteiger partial charge in [0.1, 0.15) is 0 Å². The van der Waals surface area contributed by atoms with Crippen molar-refractivity contribution in [1.29, 1.82) is 0 Å². The Morgan fingerprint density at radius 3 is 2.07 bits per heavy atom. The highest BCUT2D eigenvalue weighted by Gasteiger charge is 2.16. The third-order valence-corrected chi connectivity index (χ3v) is 4.84. The van der Waals surface area contributed by atoms with Crippen molar-refractivity contribution in [3.63, 3.8) is 0 Å². The third kappa shape index (κ3) is 8.42. The van der Waals surface area contributed by atoms with Crippen LogP contribution < -0.4 is 10.0 Å². The number of hydrogen-bond donors (Lipinski definition) is 2. The fourth-order valence-corrected chi connectivity index (χ4v) is 3.80. The number of likely N-dealkylation sites (N-methyl/N-ethyl adjacent to an activating group) is 1. The number of rotatable bonds is 7. The zero-order chi connectivity index (χ0) is 11.2. The smallest absolute Gasteiger partial charge is 0.226 e. The fourth-order valence-electron chi connectivity index (χ4n) is 0.795. The standard InChI is InChI=1S/C6H16N2O4S2/c1-3-7-4-5-8-14(11,12)6-13(2,9)10/h7-8H,3-6H2,1-2H3. The molecular weight excluding hydrogens is 228 g/mol. The average molecular weight is 244 g/mol. The Labute approximate surface area is 85.0 Å². The number of sulfone groups is 1. The van der Waals surface area contributed by atoms with E-state index in [4.69, 9.17) is 0 Å². The summed E-state index contributed by atoms with van der Waals surface area (Å²) in [6.07, 6.45) is 0.885. The molecule has 0 amide bonds. The summed E-state index contributed by atoms with van der Waals surface area (Å²) in [5, 5.41) is 2.05. The highest BCUT2D eigenvalue weighted by molar-refractivity contribution is 8.06.